The lowest BCUT2D eigenvalue weighted by Crippen LogP contribution is -2.04. The number of rotatable bonds is 5. The number of aromatic nitrogens is 1. The Morgan fingerprint density at radius 3 is 2.17 bits per heavy atom. The van der Waals surface area contributed by atoms with E-state index < -0.39 is 22.6 Å². The van der Waals surface area contributed by atoms with Crippen LogP contribution in [0.25, 0.3) is 22.5 Å². The standard InChI is InChI=1S/C20H15F3N2O4/c1-2-29-19(26)16-11-17(12-3-7-14(8-4-12)20(21,22)23)24-18(16)13-5-9-15(10-6-13)25(27)28/h3-11,24H,2H2,1H3. The smallest absolute Gasteiger partial charge is 0.416 e. The van der Waals surface area contributed by atoms with E-state index in [-0.39, 0.29) is 17.9 Å². The second-order valence-corrected chi connectivity index (χ2v) is 6.07. The maximum atomic E-state index is 12.8. The minimum absolute atomic E-state index is 0.110. The summed E-state index contributed by atoms with van der Waals surface area (Å²) < 4.78 is 43.4. The molecule has 0 bridgehead atoms. The number of hydrogen-bond acceptors (Lipinski definition) is 4. The van der Waals surface area contributed by atoms with Crippen LogP contribution in [0.3, 0.4) is 0 Å². The van der Waals surface area contributed by atoms with Crippen molar-refractivity contribution >= 4 is 11.7 Å². The summed E-state index contributed by atoms with van der Waals surface area (Å²) in [5.74, 6) is -0.615. The second-order valence-electron chi connectivity index (χ2n) is 6.07. The summed E-state index contributed by atoms with van der Waals surface area (Å²) in [6.45, 7) is 1.78. The van der Waals surface area contributed by atoms with Crippen LogP contribution in [0.5, 0.6) is 0 Å². The molecule has 0 aliphatic rings. The van der Waals surface area contributed by atoms with E-state index in [0.717, 1.165) is 12.1 Å². The van der Waals surface area contributed by atoms with Crippen LogP contribution in [0.4, 0.5) is 18.9 Å². The Labute approximate surface area is 163 Å². The molecule has 0 aliphatic heterocycles. The number of hydrogen-bond donors (Lipinski definition) is 1. The topological polar surface area (TPSA) is 85.2 Å². The van der Waals surface area contributed by atoms with Crippen LogP contribution < -0.4 is 0 Å². The van der Waals surface area contributed by atoms with Crippen molar-refractivity contribution in [3.63, 3.8) is 0 Å². The molecule has 0 saturated heterocycles. The number of nitro benzene ring substituents is 1. The number of ether oxygens (including phenoxy) is 1. The van der Waals surface area contributed by atoms with Crippen molar-refractivity contribution in [1.82, 2.24) is 4.98 Å². The molecule has 0 radical (unpaired) electrons. The number of nitrogens with zero attached hydrogens (tertiary/aromatic N) is 1. The number of aromatic amines is 1. The number of H-pyrrole nitrogens is 1. The van der Waals surface area contributed by atoms with Crippen molar-refractivity contribution in [3.8, 4) is 22.5 Å². The lowest BCUT2D eigenvalue weighted by molar-refractivity contribution is -0.384. The molecule has 29 heavy (non-hydrogen) atoms. The number of esters is 1. The summed E-state index contributed by atoms with van der Waals surface area (Å²) in [6.07, 6.45) is -4.45. The highest BCUT2D eigenvalue weighted by atomic mass is 19.4. The van der Waals surface area contributed by atoms with Gasteiger partial charge in [0, 0.05) is 17.8 Å². The van der Waals surface area contributed by atoms with Crippen LogP contribution >= 0.6 is 0 Å². The van der Waals surface area contributed by atoms with Crippen LogP contribution in [-0.4, -0.2) is 22.5 Å². The molecule has 1 heterocycles. The second kappa shape index (κ2) is 7.78. The van der Waals surface area contributed by atoms with Crippen molar-refractivity contribution in [2.75, 3.05) is 6.61 Å². The predicted molar refractivity (Wildman–Crippen MR) is 99.3 cm³/mol. The van der Waals surface area contributed by atoms with Crippen molar-refractivity contribution in [2.24, 2.45) is 0 Å². The fraction of sp³-hybridized carbons (Fsp3) is 0.150. The van der Waals surface area contributed by atoms with E-state index >= 15 is 0 Å². The zero-order chi connectivity index (χ0) is 21.2. The molecule has 0 amide bonds. The van der Waals surface area contributed by atoms with Gasteiger partial charge in [0.05, 0.1) is 28.4 Å². The average molecular weight is 404 g/mol. The number of benzene rings is 2. The fourth-order valence-corrected chi connectivity index (χ4v) is 2.80. The first-order valence-electron chi connectivity index (χ1n) is 8.53. The lowest BCUT2D eigenvalue weighted by atomic mass is 10.1. The summed E-state index contributed by atoms with van der Waals surface area (Å²) in [6, 6.07) is 11.5. The Kier molecular flexibility index (Phi) is 5.40. The van der Waals surface area contributed by atoms with Crippen LogP contribution in [0.15, 0.2) is 54.6 Å². The first-order chi connectivity index (χ1) is 13.7. The zero-order valence-electron chi connectivity index (χ0n) is 15.1. The molecule has 1 aromatic heterocycles. The van der Waals surface area contributed by atoms with Crippen molar-refractivity contribution < 1.29 is 27.6 Å². The monoisotopic (exact) mass is 404 g/mol. The molecule has 0 unspecified atom stereocenters. The molecule has 0 saturated carbocycles. The Balaban J connectivity index is 2.05. The molecule has 6 nitrogen and oxygen atoms in total. The highest BCUT2D eigenvalue weighted by Gasteiger charge is 2.30. The van der Waals surface area contributed by atoms with E-state index in [1.165, 1.54) is 42.5 Å². The molecule has 3 rings (SSSR count). The molecule has 1 N–H and O–H groups in total. The van der Waals surface area contributed by atoms with Crippen molar-refractivity contribution in [2.45, 2.75) is 13.1 Å². The summed E-state index contributed by atoms with van der Waals surface area (Å²) in [5.41, 5.74) is 0.988. The minimum Gasteiger partial charge on any atom is -0.462 e. The van der Waals surface area contributed by atoms with Gasteiger partial charge in [0.15, 0.2) is 0 Å². The van der Waals surface area contributed by atoms with Gasteiger partial charge in [-0.15, -0.1) is 0 Å². The Hall–Kier alpha value is -3.62. The molecule has 9 heteroatoms. The average Bonchev–Trinajstić information content (AvgIpc) is 3.13. The summed E-state index contributed by atoms with van der Waals surface area (Å²) >= 11 is 0. The number of carbonyl (C=O) groups is 1. The third-order valence-corrected chi connectivity index (χ3v) is 4.20. The summed E-state index contributed by atoms with van der Waals surface area (Å²) in [5, 5.41) is 10.8. The van der Waals surface area contributed by atoms with E-state index in [0.29, 0.717) is 22.5 Å². The van der Waals surface area contributed by atoms with E-state index in [1.54, 1.807) is 6.92 Å². The van der Waals surface area contributed by atoms with Crippen LogP contribution in [0.2, 0.25) is 0 Å². The molecule has 150 valence electrons. The van der Waals surface area contributed by atoms with Gasteiger partial charge in [-0.1, -0.05) is 12.1 Å². The molecule has 0 fully saturated rings. The van der Waals surface area contributed by atoms with Gasteiger partial charge in [-0.25, -0.2) is 4.79 Å². The highest BCUT2D eigenvalue weighted by molar-refractivity contribution is 5.98. The zero-order valence-corrected chi connectivity index (χ0v) is 15.1. The maximum absolute atomic E-state index is 12.8. The summed E-state index contributed by atoms with van der Waals surface area (Å²) in [4.78, 5) is 25.7. The van der Waals surface area contributed by atoms with Gasteiger partial charge in [-0.3, -0.25) is 10.1 Å². The number of non-ortho nitro benzene ring substituents is 1. The normalized spacial score (nSPS) is 11.3. The van der Waals surface area contributed by atoms with E-state index in [4.69, 9.17) is 4.74 Å². The Morgan fingerprint density at radius 1 is 1.07 bits per heavy atom. The third kappa shape index (κ3) is 4.29. The van der Waals surface area contributed by atoms with Crippen molar-refractivity contribution in [3.05, 3.63) is 75.8 Å². The number of nitro groups is 1. The Morgan fingerprint density at radius 2 is 1.66 bits per heavy atom. The molecule has 0 aliphatic carbocycles. The predicted octanol–water partition coefficient (Wildman–Crippen LogP) is 5.45. The molecule has 0 spiro atoms. The lowest BCUT2D eigenvalue weighted by Gasteiger charge is -2.07. The summed E-state index contributed by atoms with van der Waals surface area (Å²) in [7, 11) is 0. The fourth-order valence-electron chi connectivity index (χ4n) is 2.80. The van der Waals surface area contributed by atoms with Crippen LogP contribution in [-0.2, 0) is 10.9 Å². The number of alkyl halides is 3. The molecule has 2 aromatic carbocycles. The van der Waals surface area contributed by atoms with Crippen molar-refractivity contribution in [1.29, 1.82) is 0 Å². The molecule has 0 atom stereocenters. The number of carbonyl (C=O) groups excluding carboxylic acids is 1. The molecular weight excluding hydrogens is 389 g/mol. The first kappa shape index (κ1) is 20.1. The van der Waals surface area contributed by atoms with Gasteiger partial charge in [0.2, 0.25) is 0 Å². The van der Waals surface area contributed by atoms with E-state index in [2.05, 4.69) is 4.98 Å². The highest BCUT2D eigenvalue weighted by Crippen LogP contribution is 2.33. The van der Waals surface area contributed by atoms with Gasteiger partial charge < -0.3 is 9.72 Å². The van der Waals surface area contributed by atoms with Crippen LogP contribution in [0, 0.1) is 10.1 Å². The molecular formula is C20H15F3N2O4. The number of halogens is 3. The minimum atomic E-state index is -4.45. The maximum Gasteiger partial charge on any atom is 0.416 e. The van der Waals surface area contributed by atoms with E-state index in [9.17, 15) is 28.1 Å². The van der Waals surface area contributed by atoms with Crippen LogP contribution in [0.1, 0.15) is 22.8 Å². The Bertz CT molecular complexity index is 1040. The first-order valence-corrected chi connectivity index (χ1v) is 8.53. The number of nitrogens with one attached hydrogen (secondary N) is 1. The molecule has 3 aromatic rings. The third-order valence-electron chi connectivity index (χ3n) is 4.20. The SMILES string of the molecule is CCOC(=O)c1cc(-c2ccc(C(F)(F)F)cc2)[nH]c1-c1ccc([N+](=O)[O-])cc1. The van der Waals surface area contributed by atoms with Gasteiger partial charge in [0.25, 0.3) is 5.69 Å². The van der Waals surface area contributed by atoms with Gasteiger partial charge in [-0.05, 0) is 48.4 Å². The quantitative estimate of drug-likeness (QED) is 0.348. The van der Waals surface area contributed by atoms with Gasteiger partial charge in [-0.2, -0.15) is 13.2 Å². The van der Waals surface area contributed by atoms with Gasteiger partial charge in [0.1, 0.15) is 0 Å². The largest absolute Gasteiger partial charge is 0.462 e. The van der Waals surface area contributed by atoms with Gasteiger partial charge >= 0.3 is 12.1 Å². The van der Waals surface area contributed by atoms with E-state index in [1.807, 2.05) is 0 Å².